The Bertz CT molecular complexity index is 1100. The number of aromatic nitrogens is 1. The Kier molecular flexibility index (Phi) is 6.94. The van der Waals surface area contributed by atoms with Crippen LogP contribution in [0.5, 0.6) is 0 Å². The number of pyridine rings is 1. The number of nitrogens with one attached hydrogen (secondary N) is 2. The zero-order valence-electron chi connectivity index (χ0n) is 17.9. The molecule has 1 saturated heterocycles. The molecule has 6 nitrogen and oxygen atoms in total. The van der Waals surface area contributed by atoms with Crippen LogP contribution in [0.1, 0.15) is 31.2 Å². The number of carbonyl (C=O) groups is 1. The molecular weight excluding hydrogens is 426 g/mol. The average Bonchev–Trinajstić information content (AvgIpc) is 2.81. The smallest absolute Gasteiger partial charge is 0.404 e. The fraction of sp³-hybridized carbons (Fsp3) is 0.360. The SMILES string of the molecule is O=C(O)NCCC[C@@](O)(c1cccc(Cl)c1-c1cnc2ccccc2c1)[C@@H]1CCCNC1. The first kappa shape index (κ1) is 22.5. The van der Waals surface area contributed by atoms with Crippen molar-refractivity contribution in [2.75, 3.05) is 19.6 Å². The highest BCUT2D eigenvalue weighted by Gasteiger charge is 2.40. The van der Waals surface area contributed by atoms with Crippen LogP contribution in [0, 0.1) is 5.92 Å². The number of aliphatic hydroxyl groups is 1. The van der Waals surface area contributed by atoms with Crippen molar-refractivity contribution in [3.63, 3.8) is 0 Å². The number of benzene rings is 2. The zero-order valence-corrected chi connectivity index (χ0v) is 18.6. The van der Waals surface area contributed by atoms with Gasteiger partial charge in [0, 0.05) is 46.7 Å². The maximum Gasteiger partial charge on any atom is 0.404 e. The molecule has 32 heavy (non-hydrogen) atoms. The summed E-state index contributed by atoms with van der Waals surface area (Å²) in [6.07, 6.45) is 3.55. The quantitative estimate of drug-likeness (QED) is 0.386. The Morgan fingerprint density at radius 2 is 2.09 bits per heavy atom. The second-order valence-electron chi connectivity index (χ2n) is 8.38. The van der Waals surface area contributed by atoms with Crippen molar-refractivity contribution in [2.24, 2.45) is 5.92 Å². The highest BCUT2D eigenvalue weighted by atomic mass is 35.5. The first-order valence-electron chi connectivity index (χ1n) is 11.0. The molecule has 1 amide bonds. The molecular formula is C25H28ClN3O3. The molecule has 0 aliphatic carbocycles. The number of rotatable bonds is 7. The molecule has 0 saturated carbocycles. The molecule has 1 aliphatic rings. The van der Waals surface area contributed by atoms with E-state index >= 15 is 0 Å². The van der Waals surface area contributed by atoms with Crippen molar-refractivity contribution in [1.29, 1.82) is 0 Å². The van der Waals surface area contributed by atoms with Crippen LogP contribution in [0.2, 0.25) is 5.02 Å². The number of amides is 1. The van der Waals surface area contributed by atoms with Crippen molar-refractivity contribution in [2.45, 2.75) is 31.3 Å². The summed E-state index contributed by atoms with van der Waals surface area (Å²) in [4.78, 5) is 15.5. The van der Waals surface area contributed by atoms with Crippen LogP contribution in [0.15, 0.2) is 54.7 Å². The van der Waals surface area contributed by atoms with Crippen molar-refractivity contribution < 1.29 is 15.0 Å². The van der Waals surface area contributed by atoms with E-state index in [0.717, 1.165) is 47.0 Å². The molecule has 0 unspecified atom stereocenters. The molecule has 3 aromatic rings. The lowest BCUT2D eigenvalue weighted by molar-refractivity contribution is -0.0415. The van der Waals surface area contributed by atoms with Gasteiger partial charge in [-0.3, -0.25) is 4.98 Å². The van der Waals surface area contributed by atoms with Crippen LogP contribution < -0.4 is 10.6 Å². The first-order chi connectivity index (χ1) is 15.5. The maximum atomic E-state index is 12.2. The van der Waals surface area contributed by atoms with Gasteiger partial charge < -0.3 is 20.8 Å². The van der Waals surface area contributed by atoms with Crippen LogP contribution in [0.25, 0.3) is 22.0 Å². The zero-order chi connectivity index (χ0) is 22.6. The minimum atomic E-state index is -1.15. The summed E-state index contributed by atoms with van der Waals surface area (Å²) >= 11 is 6.72. The minimum Gasteiger partial charge on any atom is -0.465 e. The summed E-state index contributed by atoms with van der Waals surface area (Å²) < 4.78 is 0. The Morgan fingerprint density at radius 3 is 2.88 bits per heavy atom. The highest BCUT2D eigenvalue weighted by molar-refractivity contribution is 6.33. The molecule has 0 spiro atoms. The molecule has 4 N–H and O–H groups in total. The second kappa shape index (κ2) is 9.86. The van der Waals surface area contributed by atoms with Gasteiger partial charge in [0.15, 0.2) is 0 Å². The lowest BCUT2D eigenvalue weighted by Gasteiger charge is -2.40. The third kappa shape index (κ3) is 4.72. The number of fused-ring (bicyclic) bond motifs is 1. The van der Waals surface area contributed by atoms with E-state index in [2.05, 4.69) is 21.7 Å². The minimum absolute atomic E-state index is 0.00768. The van der Waals surface area contributed by atoms with E-state index in [9.17, 15) is 9.90 Å². The van der Waals surface area contributed by atoms with E-state index in [-0.39, 0.29) is 12.5 Å². The molecule has 0 radical (unpaired) electrons. The van der Waals surface area contributed by atoms with Crippen molar-refractivity contribution in [3.8, 4) is 11.1 Å². The molecule has 7 heteroatoms. The largest absolute Gasteiger partial charge is 0.465 e. The maximum absolute atomic E-state index is 12.2. The molecule has 0 bridgehead atoms. The third-order valence-electron chi connectivity index (χ3n) is 6.34. The van der Waals surface area contributed by atoms with Crippen molar-refractivity contribution in [1.82, 2.24) is 15.6 Å². The van der Waals surface area contributed by atoms with Gasteiger partial charge in [0.05, 0.1) is 11.1 Å². The number of halogens is 1. The van der Waals surface area contributed by atoms with E-state index in [1.54, 1.807) is 6.20 Å². The molecule has 1 fully saturated rings. The molecule has 168 valence electrons. The van der Waals surface area contributed by atoms with Crippen LogP contribution in [-0.2, 0) is 5.60 Å². The van der Waals surface area contributed by atoms with E-state index in [4.69, 9.17) is 16.7 Å². The molecule has 2 heterocycles. The van der Waals surface area contributed by atoms with Gasteiger partial charge in [-0.1, -0.05) is 41.9 Å². The first-order valence-corrected chi connectivity index (χ1v) is 11.4. The van der Waals surface area contributed by atoms with Gasteiger partial charge in [-0.25, -0.2) is 4.79 Å². The highest BCUT2D eigenvalue weighted by Crippen LogP contribution is 2.45. The van der Waals surface area contributed by atoms with Gasteiger partial charge in [0.1, 0.15) is 0 Å². The summed E-state index contributed by atoms with van der Waals surface area (Å²) in [6.45, 7) is 1.92. The van der Waals surface area contributed by atoms with E-state index in [1.165, 1.54) is 0 Å². The predicted molar refractivity (Wildman–Crippen MR) is 127 cm³/mol. The Morgan fingerprint density at radius 1 is 1.25 bits per heavy atom. The van der Waals surface area contributed by atoms with Crippen LogP contribution in [0.4, 0.5) is 4.79 Å². The molecule has 1 aromatic heterocycles. The summed E-state index contributed by atoms with van der Waals surface area (Å²) in [7, 11) is 0. The topological polar surface area (TPSA) is 94.5 Å². The van der Waals surface area contributed by atoms with Crippen LogP contribution in [-0.4, -0.2) is 40.9 Å². The third-order valence-corrected chi connectivity index (χ3v) is 6.66. The van der Waals surface area contributed by atoms with Gasteiger partial charge in [0.25, 0.3) is 0 Å². The number of hydrogen-bond acceptors (Lipinski definition) is 4. The van der Waals surface area contributed by atoms with E-state index in [0.29, 0.717) is 24.4 Å². The summed E-state index contributed by atoms with van der Waals surface area (Å²) in [5.74, 6) is -0.00768. The summed E-state index contributed by atoms with van der Waals surface area (Å²) in [5, 5.41) is 28.4. The van der Waals surface area contributed by atoms with Gasteiger partial charge >= 0.3 is 6.09 Å². The average molecular weight is 454 g/mol. The van der Waals surface area contributed by atoms with Gasteiger partial charge in [0.2, 0.25) is 0 Å². The molecule has 2 atom stereocenters. The Balaban J connectivity index is 1.78. The number of hydrogen-bond donors (Lipinski definition) is 4. The van der Waals surface area contributed by atoms with E-state index < -0.39 is 11.7 Å². The lowest BCUT2D eigenvalue weighted by Crippen LogP contribution is -2.45. The molecule has 4 rings (SSSR count). The van der Waals surface area contributed by atoms with Gasteiger partial charge in [-0.05, 0) is 56.0 Å². The normalized spacial score (nSPS) is 18.2. The number of nitrogens with zero attached hydrogens (tertiary/aromatic N) is 1. The van der Waals surface area contributed by atoms with Crippen LogP contribution in [0.3, 0.4) is 0 Å². The number of carboxylic acid groups (broad SMARTS) is 1. The lowest BCUT2D eigenvalue weighted by atomic mass is 9.72. The van der Waals surface area contributed by atoms with Gasteiger partial charge in [-0.2, -0.15) is 0 Å². The van der Waals surface area contributed by atoms with E-state index in [1.807, 2.05) is 42.5 Å². The summed E-state index contributed by atoms with van der Waals surface area (Å²) in [6, 6.07) is 15.6. The second-order valence-corrected chi connectivity index (χ2v) is 8.79. The van der Waals surface area contributed by atoms with Crippen LogP contribution >= 0.6 is 11.6 Å². The monoisotopic (exact) mass is 453 g/mol. The fourth-order valence-electron chi connectivity index (χ4n) is 4.76. The number of piperidine rings is 1. The predicted octanol–water partition coefficient (Wildman–Crippen LogP) is 4.79. The fourth-order valence-corrected chi connectivity index (χ4v) is 5.04. The van der Waals surface area contributed by atoms with Crippen molar-refractivity contribution >= 4 is 28.6 Å². The Hall–Kier alpha value is -2.67. The summed E-state index contributed by atoms with van der Waals surface area (Å²) in [5.41, 5.74) is 2.16. The molecule has 2 aromatic carbocycles. The Labute approximate surface area is 192 Å². The standard InChI is InChI=1S/C25H28ClN3O3/c26-21-9-3-8-20(23(21)18-14-17-6-1-2-10-22(17)29-15-18)25(32,11-5-13-28-24(30)31)19-7-4-12-27-16-19/h1-3,6,8-10,14-15,19,27-28,32H,4-5,7,11-13,16H2,(H,30,31)/t19-,25+/m1/s1. The molecule has 1 aliphatic heterocycles. The van der Waals surface area contributed by atoms with Gasteiger partial charge in [-0.15, -0.1) is 0 Å². The number of para-hydroxylation sites is 1. The van der Waals surface area contributed by atoms with Crippen molar-refractivity contribution in [3.05, 3.63) is 65.3 Å².